The Morgan fingerprint density at radius 2 is 1.76 bits per heavy atom. The van der Waals surface area contributed by atoms with Crippen LogP contribution in [-0.4, -0.2) is 5.11 Å². The largest absolute Gasteiger partial charge is 0.506 e. The van der Waals surface area contributed by atoms with Crippen LogP contribution in [0.5, 0.6) is 5.75 Å². The Balaban J connectivity index is 2.28. The van der Waals surface area contributed by atoms with Crippen LogP contribution in [0.1, 0.15) is 5.56 Å². The number of nitrogen functional groups attached to an aromatic ring is 2. The van der Waals surface area contributed by atoms with Gasteiger partial charge in [-0.15, -0.1) is 0 Å². The zero-order chi connectivity index (χ0) is 12.4. The molecule has 0 unspecified atom stereocenters. The number of benzene rings is 2. The van der Waals surface area contributed by atoms with Gasteiger partial charge in [-0.3, -0.25) is 0 Å². The van der Waals surface area contributed by atoms with Gasteiger partial charge in [0.1, 0.15) is 5.75 Å². The van der Waals surface area contributed by atoms with Crippen LogP contribution >= 0.6 is 0 Å². The predicted octanol–water partition coefficient (Wildman–Crippen LogP) is 2.61. The van der Waals surface area contributed by atoms with Crippen LogP contribution in [0.3, 0.4) is 0 Å². The number of aromatic hydroxyl groups is 1. The minimum atomic E-state index is 0.0654. The molecule has 0 radical (unpaired) electrons. The van der Waals surface area contributed by atoms with Crippen molar-refractivity contribution >= 4 is 22.7 Å². The zero-order valence-corrected chi connectivity index (χ0v) is 9.57. The zero-order valence-electron chi connectivity index (χ0n) is 9.57. The highest BCUT2D eigenvalue weighted by atomic mass is 16.3. The molecule has 2 aromatic rings. The molecule has 0 bridgehead atoms. The molecule has 2 rings (SSSR count). The van der Waals surface area contributed by atoms with Crippen LogP contribution < -0.4 is 16.8 Å². The number of hydrogen-bond acceptors (Lipinski definition) is 4. The molecule has 0 fully saturated rings. The lowest BCUT2D eigenvalue weighted by Crippen LogP contribution is -1.94. The second-order valence-corrected chi connectivity index (χ2v) is 4.03. The lowest BCUT2D eigenvalue weighted by Gasteiger charge is -2.09. The van der Waals surface area contributed by atoms with Gasteiger partial charge >= 0.3 is 0 Å². The third kappa shape index (κ3) is 2.60. The van der Waals surface area contributed by atoms with Crippen molar-refractivity contribution in [3.05, 3.63) is 42.0 Å². The van der Waals surface area contributed by atoms with E-state index in [1.807, 2.05) is 25.1 Å². The quantitative estimate of drug-likeness (QED) is 0.471. The third-order valence-electron chi connectivity index (χ3n) is 2.42. The number of phenolic OH excluding ortho intramolecular Hbond substituents is 1. The van der Waals surface area contributed by atoms with Crippen LogP contribution in [0, 0.1) is 6.92 Å². The van der Waals surface area contributed by atoms with E-state index in [0.29, 0.717) is 11.4 Å². The Hall–Kier alpha value is -2.36. The average molecular weight is 229 g/mol. The van der Waals surface area contributed by atoms with Gasteiger partial charge in [-0.1, -0.05) is 0 Å². The van der Waals surface area contributed by atoms with Crippen LogP contribution in [0.25, 0.3) is 0 Å². The summed E-state index contributed by atoms with van der Waals surface area (Å²) in [6.45, 7) is 1.97. The minimum absolute atomic E-state index is 0.0654. The molecule has 0 atom stereocenters. The highest BCUT2D eigenvalue weighted by Crippen LogP contribution is 2.27. The molecule has 88 valence electrons. The molecule has 4 nitrogen and oxygen atoms in total. The monoisotopic (exact) mass is 229 g/mol. The predicted molar refractivity (Wildman–Crippen MR) is 71.4 cm³/mol. The van der Waals surface area contributed by atoms with Crippen LogP contribution in [-0.2, 0) is 0 Å². The number of aryl methyl sites for hydroxylation is 1. The molecule has 6 N–H and O–H groups in total. The summed E-state index contributed by atoms with van der Waals surface area (Å²) >= 11 is 0. The van der Waals surface area contributed by atoms with E-state index in [9.17, 15) is 5.11 Å². The molecule has 0 aromatic heterocycles. The third-order valence-corrected chi connectivity index (χ3v) is 2.42. The van der Waals surface area contributed by atoms with E-state index in [0.717, 1.165) is 16.9 Å². The van der Waals surface area contributed by atoms with Gasteiger partial charge in [-0.25, -0.2) is 0 Å². The van der Waals surface area contributed by atoms with Gasteiger partial charge in [-0.05, 0) is 42.8 Å². The molecular weight excluding hydrogens is 214 g/mol. The summed E-state index contributed by atoms with van der Waals surface area (Å²) < 4.78 is 0. The summed E-state index contributed by atoms with van der Waals surface area (Å²) in [6, 6.07) is 10.7. The van der Waals surface area contributed by atoms with Gasteiger partial charge in [0.05, 0.1) is 5.69 Å². The molecule has 4 heteroatoms. The molecule has 17 heavy (non-hydrogen) atoms. The van der Waals surface area contributed by atoms with E-state index < -0.39 is 0 Å². The topological polar surface area (TPSA) is 84.3 Å². The average Bonchev–Trinajstić information content (AvgIpc) is 2.22. The fourth-order valence-electron chi connectivity index (χ4n) is 1.67. The Morgan fingerprint density at radius 1 is 1.00 bits per heavy atom. The first-order valence-corrected chi connectivity index (χ1v) is 5.27. The Morgan fingerprint density at radius 3 is 2.41 bits per heavy atom. The van der Waals surface area contributed by atoms with Gasteiger partial charge in [0, 0.05) is 23.1 Å². The van der Waals surface area contributed by atoms with Gasteiger partial charge in [-0.2, -0.15) is 0 Å². The van der Waals surface area contributed by atoms with E-state index in [1.165, 1.54) is 0 Å². The van der Waals surface area contributed by atoms with Gasteiger partial charge < -0.3 is 21.9 Å². The van der Waals surface area contributed by atoms with Crippen molar-refractivity contribution in [2.24, 2.45) is 0 Å². The normalized spacial score (nSPS) is 10.2. The highest BCUT2D eigenvalue weighted by Gasteiger charge is 2.01. The van der Waals surface area contributed by atoms with E-state index in [1.54, 1.807) is 18.2 Å². The molecule has 2 aromatic carbocycles. The lowest BCUT2D eigenvalue weighted by molar-refractivity contribution is 0.478. The molecule has 0 aliphatic carbocycles. The summed E-state index contributed by atoms with van der Waals surface area (Å²) in [5, 5.41) is 12.7. The summed E-state index contributed by atoms with van der Waals surface area (Å²) in [5.41, 5.74) is 15.1. The Labute approximate surface area is 99.9 Å². The highest BCUT2D eigenvalue weighted by molar-refractivity contribution is 5.68. The Bertz CT molecular complexity index is 532. The van der Waals surface area contributed by atoms with Crippen LogP contribution in [0.2, 0.25) is 0 Å². The van der Waals surface area contributed by atoms with E-state index >= 15 is 0 Å². The number of phenols is 1. The second-order valence-electron chi connectivity index (χ2n) is 4.03. The van der Waals surface area contributed by atoms with Crippen molar-refractivity contribution in [1.29, 1.82) is 0 Å². The fourth-order valence-corrected chi connectivity index (χ4v) is 1.67. The molecule has 0 heterocycles. The molecule has 0 spiro atoms. The smallest absolute Gasteiger partial charge is 0.140 e. The lowest BCUT2D eigenvalue weighted by atomic mass is 10.2. The summed E-state index contributed by atoms with van der Waals surface area (Å²) in [4.78, 5) is 0. The van der Waals surface area contributed by atoms with E-state index in [2.05, 4.69) is 5.32 Å². The SMILES string of the molecule is Cc1cc(N)cc(Nc2ccc(N)c(O)c2)c1. The summed E-state index contributed by atoms with van der Waals surface area (Å²) in [5.74, 6) is 0.0654. The molecule has 0 amide bonds. The van der Waals surface area contributed by atoms with Crippen molar-refractivity contribution < 1.29 is 5.11 Å². The molecule has 0 aliphatic heterocycles. The van der Waals surface area contributed by atoms with Crippen molar-refractivity contribution in [1.82, 2.24) is 0 Å². The first-order chi connectivity index (χ1) is 8.04. The summed E-state index contributed by atoms with van der Waals surface area (Å²) in [7, 11) is 0. The maximum Gasteiger partial charge on any atom is 0.140 e. The van der Waals surface area contributed by atoms with Crippen LogP contribution in [0.4, 0.5) is 22.7 Å². The Kier molecular flexibility index (Phi) is 2.78. The summed E-state index contributed by atoms with van der Waals surface area (Å²) in [6.07, 6.45) is 0. The van der Waals surface area contributed by atoms with Crippen molar-refractivity contribution in [3.8, 4) is 5.75 Å². The second kappa shape index (κ2) is 4.25. The molecular formula is C13H15N3O. The van der Waals surface area contributed by atoms with Crippen molar-refractivity contribution in [2.45, 2.75) is 6.92 Å². The number of nitrogens with two attached hydrogens (primary N) is 2. The standard InChI is InChI=1S/C13H15N3O/c1-8-4-9(14)6-11(5-8)16-10-2-3-12(15)13(17)7-10/h2-7,16-17H,14-15H2,1H3. The first-order valence-electron chi connectivity index (χ1n) is 5.27. The van der Waals surface area contributed by atoms with Crippen LogP contribution in [0.15, 0.2) is 36.4 Å². The number of rotatable bonds is 2. The van der Waals surface area contributed by atoms with E-state index in [-0.39, 0.29) is 5.75 Å². The molecule has 0 aliphatic rings. The number of hydrogen-bond donors (Lipinski definition) is 4. The number of anilines is 4. The van der Waals surface area contributed by atoms with Gasteiger partial charge in [0.15, 0.2) is 0 Å². The fraction of sp³-hybridized carbons (Fsp3) is 0.0769. The van der Waals surface area contributed by atoms with Crippen molar-refractivity contribution in [3.63, 3.8) is 0 Å². The molecule has 0 saturated heterocycles. The van der Waals surface area contributed by atoms with E-state index in [4.69, 9.17) is 11.5 Å². The molecule has 0 saturated carbocycles. The van der Waals surface area contributed by atoms with Gasteiger partial charge in [0.25, 0.3) is 0 Å². The van der Waals surface area contributed by atoms with Gasteiger partial charge in [0.2, 0.25) is 0 Å². The maximum atomic E-state index is 9.50. The maximum absolute atomic E-state index is 9.50. The first kappa shape index (κ1) is 11.1. The minimum Gasteiger partial charge on any atom is -0.506 e. The number of nitrogens with one attached hydrogen (secondary N) is 1. The van der Waals surface area contributed by atoms with Crippen molar-refractivity contribution in [2.75, 3.05) is 16.8 Å².